The monoisotopic (exact) mass is 260 g/mol. The molecule has 1 N–H and O–H groups in total. The zero-order valence-electron chi connectivity index (χ0n) is 11.0. The van der Waals surface area contributed by atoms with E-state index >= 15 is 0 Å². The normalized spacial score (nSPS) is 9.72. The fourth-order valence-electron chi connectivity index (χ4n) is 1.41. The molecule has 7 nitrogen and oxygen atoms in total. The minimum Gasteiger partial charge on any atom is -0.480 e. The van der Waals surface area contributed by atoms with Gasteiger partial charge in [-0.05, 0) is 13.3 Å². The van der Waals surface area contributed by atoms with E-state index in [9.17, 15) is 14.4 Å². The molecule has 0 saturated carbocycles. The lowest BCUT2D eigenvalue weighted by molar-refractivity contribution is -0.141. The standard InChI is InChI=1S/C11H20N2O5/c1-4-6-13(7-9(14)15)11(17)12(5-2)8-10(16)18-3/h4-8H2,1-3H3,(H,14,15). The molecule has 0 aromatic rings. The predicted molar refractivity (Wildman–Crippen MR) is 64.2 cm³/mol. The van der Waals surface area contributed by atoms with Crippen molar-refractivity contribution in [3.8, 4) is 0 Å². The second-order valence-electron chi connectivity index (χ2n) is 3.69. The quantitative estimate of drug-likeness (QED) is 0.669. The van der Waals surface area contributed by atoms with Crippen LogP contribution in [-0.2, 0) is 14.3 Å². The highest BCUT2D eigenvalue weighted by atomic mass is 16.5. The molecule has 0 radical (unpaired) electrons. The molecule has 0 unspecified atom stereocenters. The first kappa shape index (κ1) is 16.2. The van der Waals surface area contributed by atoms with Gasteiger partial charge in [0.2, 0.25) is 0 Å². The van der Waals surface area contributed by atoms with Gasteiger partial charge in [-0.1, -0.05) is 6.92 Å². The number of nitrogens with zero attached hydrogens (tertiary/aromatic N) is 2. The van der Waals surface area contributed by atoms with Gasteiger partial charge >= 0.3 is 18.0 Å². The summed E-state index contributed by atoms with van der Waals surface area (Å²) < 4.78 is 4.49. The first-order valence-corrected chi connectivity index (χ1v) is 5.78. The number of methoxy groups -OCH3 is 1. The van der Waals surface area contributed by atoms with E-state index in [1.165, 1.54) is 16.9 Å². The molecule has 18 heavy (non-hydrogen) atoms. The van der Waals surface area contributed by atoms with Crippen LogP contribution in [0.4, 0.5) is 4.79 Å². The van der Waals surface area contributed by atoms with Crippen LogP contribution in [0, 0.1) is 0 Å². The first-order valence-electron chi connectivity index (χ1n) is 5.78. The second kappa shape index (κ2) is 8.32. The molecule has 104 valence electrons. The van der Waals surface area contributed by atoms with Crippen molar-refractivity contribution in [3.05, 3.63) is 0 Å². The topological polar surface area (TPSA) is 87.2 Å². The molecular formula is C11H20N2O5. The lowest BCUT2D eigenvalue weighted by Gasteiger charge is -2.27. The van der Waals surface area contributed by atoms with Crippen molar-refractivity contribution in [3.63, 3.8) is 0 Å². The van der Waals surface area contributed by atoms with Gasteiger partial charge in [0, 0.05) is 13.1 Å². The van der Waals surface area contributed by atoms with Gasteiger partial charge in [0.15, 0.2) is 0 Å². The number of carboxylic acid groups (broad SMARTS) is 1. The molecule has 0 aromatic carbocycles. The Balaban J connectivity index is 4.68. The molecule has 0 fully saturated rings. The maximum Gasteiger partial charge on any atom is 0.325 e. The molecular weight excluding hydrogens is 240 g/mol. The van der Waals surface area contributed by atoms with Crippen molar-refractivity contribution >= 4 is 18.0 Å². The Hall–Kier alpha value is -1.79. The molecule has 2 amide bonds. The Bertz CT molecular complexity index is 306. The van der Waals surface area contributed by atoms with Gasteiger partial charge in [-0.15, -0.1) is 0 Å². The smallest absolute Gasteiger partial charge is 0.325 e. The number of esters is 1. The van der Waals surface area contributed by atoms with Crippen LogP contribution in [0.2, 0.25) is 0 Å². The number of hydrogen-bond donors (Lipinski definition) is 1. The number of carboxylic acids is 1. The van der Waals surface area contributed by atoms with Crippen molar-refractivity contribution in [2.75, 3.05) is 33.3 Å². The highest BCUT2D eigenvalue weighted by Gasteiger charge is 2.23. The molecule has 0 aliphatic rings. The third-order valence-electron chi connectivity index (χ3n) is 2.29. The van der Waals surface area contributed by atoms with Crippen LogP contribution >= 0.6 is 0 Å². The summed E-state index contributed by atoms with van der Waals surface area (Å²) in [5, 5.41) is 8.74. The van der Waals surface area contributed by atoms with Crippen molar-refractivity contribution in [2.45, 2.75) is 20.3 Å². The van der Waals surface area contributed by atoms with Crippen molar-refractivity contribution in [1.29, 1.82) is 0 Å². The average Bonchev–Trinajstić information content (AvgIpc) is 2.33. The number of hydrogen-bond acceptors (Lipinski definition) is 4. The maximum absolute atomic E-state index is 12.0. The fraction of sp³-hybridized carbons (Fsp3) is 0.727. The van der Waals surface area contributed by atoms with Gasteiger partial charge in [0.25, 0.3) is 0 Å². The molecule has 0 atom stereocenters. The number of likely N-dealkylation sites (N-methyl/N-ethyl adjacent to an activating group) is 1. The summed E-state index contributed by atoms with van der Waals surface area (Å²) in [6.07, 6.45) is 0.648. The zero-order chi connectivity index (χ0) is 14.1. The number of aliphatic carboxylic acids is 1. The molecule has 0 aliphatic carbocycles. The molecule has 0 aromatic heterocycles. The molecule has 0 aliphatic heterocycles. The van der Waals surface area contributed by atoms with Crippen LogP contribution in [0.3, 0.4) is 0 Å². The zero-order valence-corrected chi connectivity index (χ0v) is 11.0. The van der Waals surface area contributed by atoms with Crippen molar-refractivity contribution in [2.24, 2.45) is 0 Å². The molecule has 0 spiro atoms. The Kier molecular flexibility index (Phi) is 7.50. The van der Waals surface area contributed by atoms with E-state index in [1.54, 1.807) is 6.92 Å². The van der Waals surface area contributed by atoms with Gasteiger partial charge < -0.3 is 19.6 Å². The van der Waals surface area contributed by atoms with E-state index in [2.05, 4.69) is 4.74 Å². The van der Waals surface area contributed by atoms with Crippen LogP contribution in [0.1, 0.15) is 20.3 Å². The minimum absolute atomic E-state index is 0.175. The highest BCUT2D eigenvalue weighted by Crippen LogP contribution is 2.01. The van der Waals surface area contributed by atoms with Crippen LogP contribution in [0.25, 0.3) is 0 Å². The van der Waals surface area contributed by atoms with E-state index in [4.69, 9.17) is 5.11 Å². The third-order valence-corrected chi connectivity index (χ3v) is 2.29. The number of rotatable bonds is 7. The third kappa shape index (κ3) is 5.51. The van der Waals surface area contributed by atoms with E-state index in [0.29, 0.717) is 19.5 Å². The molecule has 0 heterocycles. The van der Waals surface area contributed by atoms with Crippen molar-refractivity contribution < 1.29 is 24.2 Å². The summed E-state index contributed by atoms with van der Waals surface area (Å²) in [6.45, 7) is 3.66. The maximum atomic E-state index is 12.0. The molecule has 0 rings (SSSR count). The van der Waals surface area contributed by atoms with Gasteiger partial charge in [-0.2, -0.15) is 0 Å². The molecule has 7 heteroatoms. The van der Waals surface area contributed by atoms with E-state index < -0.39 is 18.0 Å². The average molecular weight is 260 g/mol. The number of carbonyl (C=O) groups excluding carboxylic acids is 2. The Morgan fingerprint density at radius 3 is 2.11 bits per heavy atom. The highest BCUT2D eigenvalue weighted by molar-refractivity contribution is 5.83. The Morgan fingerprint density at radius 2 is 1.72 bits per heavy atom. The Morgan fingerprint density at radius 1 is 1.11 bits per heavy atom. The summed E-state index contributed by atoms with van der Waals surface area (Å²) in [5.74, 6) is -1.61. The SMILES string of the molecule is CCCN(CC(=O)O)C(=O)N(CC)CC(=O)OC. The van der Waals surface area contributed by atoms with Gasteiger partial charge in [-0.3, -0.25) is 9.59 Å². The summed E-state index contributed by atoms with van der Waals surface area (Å²) in [5.41, 5.74) is 0. The second-order valence-corrected chi connectivity index (χ2v) is 3.69. The number of ether oxygens (including phenoxy) is 1. The van der Waals surface area contributed by atoms with Crippen LogP contribution in [-0.4, -0.2) is 66.2 Å². The summed E-state index contributed by atoms with van der Waals surface area (Å²) in [6, 6.07) is -0.466. The van der Waals surface area contributed by atoms with Gasteiger partial charge in [-0.25, -0.2) is 4.79 Å². The van der Waals surface area contributed by atoms with Gasteiger partial charge in [0.05, 0.1) is 7.11 Å². The fourth-order valence-corrected chi connectivity index (χ4v) is 1.41. The largest absolute Gasteiger partial charge is 0.480 e. The van der Waals surface area contributed by atoms with Gasteiger partial charge in [0.1, 0.15) is 13.1 Å². The predicted octanol–water partition coefficient (Wildman–Crippen LogP) is 0.398. The summed E-state index contributed by atoms with van der Waals surface area (Å²) in [7, 11) is 1.24. The van der Waals surface area contributed by atoms with Crippen molar-refractivity contribution in [1.82, 2.24) is 9.80 Å². The molecule has 0 saturated heterocycles. The number of urea groups is 1. The van der Waals surface area contributed by atoms with E-state index in [1.807, 2.05) is 6.92 Å². The van der Waals surface area contributed by atoms with Crippen LogP contribution in [0.15, 0.2) is 0 Å². The van der Waals surface area contributed by atoms with Crippen LogP contribution in [0.5, 0.6) is 0 Å². The lowest BCUT2D eigenvalue weighted by Crippen LogP contribution is -2.47. The van der Waals surface area contributed by atoms with E-state index in [-0.39, 0.29) is 13.1 Å². The first-order chi connectivity index (χ1) is 8.46. The number of amides is 2. The Labute approximate surface area is 106 Å². The number of carbonyl (C=O) groups is 3. The summed E-state index contributed by atoms with van der Waals surface area (Å²) in [4.78, 5) is 36.3. The summed E-state index contributed by atoms with van der Waals surface area (Å²) >= 11 is 0. The lowest BCUT2D eigenvalue weighted by atomic mass is 10.4. The van der Waals surface area contributed by atoms with Crippen LogP contribution < -0.4 is 0 Å². The minimum atomic E-state index is -1.08. The molecule has 0 bridgehead atoms. The van der Waals surface area contributed by atoms with E-state index in [0.717, 1.165) is 0 Å².